The van der Waals surface area contributed by atoms with Gasteiger partial charge in [0.25, 0.3) is 0 Å². The SMILES string of the molecule is C=CC.CC(C)C.CC(C)C. The molecule has 0 spiro atoms. The van der Waals surface area contributed by atoms with E-state index in [1.165, 1.54) is 0 Å². The lowest BCUT2D eigenvalue weighted by atomic mass is 10.3. The smallest absolute Gasteiger partial charge is 0.0473 e. The lowest BCUT2D eigenvalue weighted by molar-refractivity contribution is 0.736. The van der Waals surface area contributed by atoms with Gasteiger partial charge in [-0.3, -0.25) is 0 Å². The molecule has 0 heterocycles. The van der Waals surface area contributed by atoms with Gasteiger partial charge in [0.1, 0.15) is 0 Å². The van der Waals surface area contributed by atoms with Gasteiger partial charge in [0.15, 0.2) is 0 Å². The number of allylic oxidation sites excluding steroid dienone is 1. The van der Waals surface area contributed by atoms with Crippen molar-refractivity contribution in [3.63, 3.8) is 0 Å². The molecule has 0 atom stereocenters. The summed E-state index contributed by atoms with van der Waals surface area (Å²) in [6.45, 7) is 18.2. The molecule has 0 rings (SSSR count). The Hall–Kier alpha value is -0.260. The molecule has 0 aromatic heterocycles. The van der Waals surface area contributed by atoms with Crippen molar-refractivity contribution in [2.45, 2.75) is 48.5 Å². The fraction of sp³-hybridized carbons (Fsp3) is 0.818. The normalized spacial score (nSPS) is 7.73. The van der Waals surface area contributed by atoms with Crippen LogP contribution in [0.3, 0.4) is 0 Å². The summed E-state index contributed by atoms with van der Waals surface area (Å²) in [5, 5.41) is 0. The van der Waals surface area contributed by atoms with Gasteiger partial charge >= 0.3 is 0 Å². The largest absolute Gasteiger partial charge is 0.103 e. The molecule has 0 N–H and O–H groups in total. The first kappa shape index (κ1) is 17.0. The summed E-state index contributed by atoms with van der Waals surface area (Å²) in [7, 11) is 0. The minimum absolute atomic E-state index is 0.833. The number of rotatable bonds is 0. The second-order valence-electron chi connectivity index (χ2n) is 3.87. The molecule has 0 nitrogen and oxygen atoms in total. The van der Waals surface area contributed by atoms with E-state index in [-0.39, 0.29) is 0 Å². The quantitative estimate of drug-likeness (QED) is 0.455. The van der Waals surface area contributed by atoms with Gasteiger partial charge in [0.05, 0.1) is 0 Å². The molecule has 0 aromatic rings. The lowest BCUT2D eigenvalue weighted by Crippen LogP contribution is -1.66. The highest BCUT2D eigenvalue weighted by Crippen LogP contribution is 1.81. The summed E-state index contributed by atoms with van der Waals surface area (Å²) in [5.74, 6) is 1.67. The molecule has 11 heavy (non-hydrogen) atoms. The minimum atomic E-state index is 0.833. The zero-order chi connectivity index (χ0) is 9.86. The van der Waals surface area contributed by atoms with Gasteiger partial charge in [-0.15, -0.1) is 6.58 Å². The third-order valence-corrected chi connectivity index (χ3v) is 0. The fourth-order valence-electron chi connectivity index (χ4n) is 0. The Morgan fingerprint density at radius 1 is 0.818 bits per heavy atom. The molecule has 0 fully saturated rings. The van der Waals surface area contributed by atoms with Gasteiger partial charge in [0.2, 0.25) is 0 Å². The van der Waals surface area contributed by atoms with Crippen molar-refractivity contribution in [3.05, 3.63) is 12.7 Å². The predicted molar refractivity (Wildman–Crippen MR) is 56.9 cm³/mol. The highest BCUT2D eigenvalue weighted by Gasteiger charge is 1.68. The first-order chi connectivity index (χ1) is 4.88. The first-order valence-electron chi connectivity index (χ1n) is 4.45. The van der Waals surface area contributed by atoms with Crippen LogP contribution in [0.15, 0.2) is 12.7 Å². The van der Waals surface area contributed by atoms with Crippen molar-refractivity contribution >= 4 is 0 Å². The molecule has 0 saturated heterocycles. The van der Waals surface area contributed by atoms with E-state index >= 15 is 0 Å². The number of hydrogen-bond acceptors (Lipinski definition) is 0. The maximum atomic E-state index is 3.36. The topological polar surface area (TPSA) is 0 Å². The van der Waals surface area contributed by atoms with Crippen molar-refractivity contribution in [1.82, 2.24) is 0 Å². The lowest BCUT2D eigenvalue weighted by Gasteiger charge is -1.79. The predicted octanol–water partition coefficient (Wildman–Crippen LogP) is 4.52. The molecular weight excluding hydrogens is 132 g/mol. The van der Waals surface area contributed by atoms with Crippen molar-refractivity contribution in [2.24, 2.45) is 11.8 Å². The van der Waals surface area contributed by atoms with Gasteiger partial charge < -0.3 is 0 Å². The Morgan fingerprint density at radius 3 is 0.818 bits per heavy atom. The second kappa shape index (κ2) is 16.4. The van der Waals surface area contributed by atoms with E-state index in [4.69, 9.17) is 0 Å². The van der Waals surface area contributed by atoms with Gasteiger partial charge in [-0.1, -0.05) is 47.6 Å². The molecule has 0 aliphatic rings. The van der Waals surface area contributed by atoms with Crippen LogP contribution in [0, 0.1) is 11.8 Å². The van der Waals surface area contributed by atoms with Crippen LogP contribution in [-0.2, 0) is 0 Å². The van der Waals surface area contributed by atoms with Gasteiger partial charge in [0, 0.05) is 0 Å². The van der Waals surface area contributed by atoms with Gasteiger partial charge in [-0.2, -0.15) is 0 Å². The third kappa shape index (κ3) is 8630. The Bertz CT molecular complexity index is 39.5. The van der Waals surface area contributed by atoms with Crippen molar-refractivity contribution < 1.29 is 0 Å². The van der Waals surface area contributed by atoms with Crippen LogP contribution < -0.4 is 0 Å². The molecule has 0 aromatic carbocycles. The van der Waals surface area contributed by atoms with E-state index < -0.39 is 0 Å². The van der Waals surface area contributed by atoms with Crippen LogP contribution in [-0.4, -0.2) is 0 Å². The van der Waals surface area contributed by atoms with Crippen molar-refractivity contribution in [3.8, 4) is 0 Å². The molecule has 0 unspecified atom stereocenters. The summed E-state index contributed by atoms with van der Waals surface area (Å²) in [6, 6.07) is 0. The molecule has 70 valence electrons. The zero-order valence-electron chi connectivity index (χ0n) is 9.44. The monoisotopic (exact) mass is 158 g/mol. The highest BCUT2D eigenvalue weighted by atomic mass is 13.7. The Balaban J connectivity index is -0.0000000886. The van der Waals surface area contributed by atoms with Gasteiger partial charge in [-0.25, -0.2) is 0 Å². The summed E-state index contributed by atoms with van der Waals surface area (Å²) in [5.41, 5.74) is 0. The van der Waals surface area contributed by atoms with Crippen LogP contribution in [0.2, 0.25) is 0 Å². The first-order valence-corrected chi connectivity index (χ1v) is 4.45. The molecule has 0 aliphatic heterocycles. The highest BCUT2D eigenvalue weighted by molar-refractivity contribution is 4.51. The summed E-state index contributed by atoms with van der Waals surface area (Å²) < 4.78 is 0. The van der Waals surface area contributed by atoms with Crippen LogP contribution in [0.25, 0.3) is 0 Å². The maximum absolute atomic E-state index is 3.36. The molecule has 0 radical (unpaired) electrons. The summed E-state index contributed by atoms with van der Waals surface area (Å²) in [4.78, 5) is 0. The maximum Gasteiger partial charge on any atom is -0.0473 e. The summed E-state index contributed by atoms with van der Waals surface area (Å²) in [6.07, 6.45) is 1.75. The number of hydrogen-bond donors (Lipinski definition) is 0. The van der Waals surface area contributed by atoms with Crippen LogP contribution in [0.1, 0.15) is 48.5 Å². The Kier molecular flexibility index (Phi) is 25.3. The van der Waals surface area contributed by atoms with Crippen LogP contribution >= 0.6 is 0 Å². The van der Waals surface area contributed by atoms with Crippen molar-refractivity contribution in [1.29, 1.82) is 0 Å². The van der Waals surface area contributed by atoms with E-state index in [1.54, 1.807) is 6.08 Å². The van der Waals surface area contributed by atoms with Gasteiger partial charge in [-0.05, 0) is 18.8 Å². The standard InChI is InChI=1S/2C4H10.C3H6/c2*1-4(2)3;1-3-2/h2*4H,1-3H3;3H,1H2,2H3. The van der Waals surface area contributed by atoms with E-state index in [0.29, 0.717) is 0 Å². The van der Waals surface area contributed by atoms with Crippen molar-refractivity contribution in [2.75, 3.05) is 0 Å². The zero-order valence-corrected chi connectivity index (χ0v) is 9.44. The molecule has 0 heteroatoms. The van der Waals surface area contributed by atoms with E-state index in [2.05, 4.69) is 48.1 Å². The molecule has 0 saturated carbocycles. The van der Waals surface area contributed by atoms with E-state index in [0.717, 1.165) is 11.8 Å². The second-order valence-corrected chi connectivity index (χ2v) is 3.87. The third-order valence-electron chi connectivity index (χ3n) is 0. The Morgan fingerprint density at radius 2 is 0.818 bits per heavy atom. The molecule has 0 amide bonds. The molecular formula is C11H26. The average Bonchev–Trinajstić information content (AvgIpc) is 1.60. The molecule has 0 aliphatic carbocycles. The molecule has 0 bridgehead atoms. The van der Waals surface area contributed by atoms with Crippen LogP contribution in [0.4, 0.5) is 0 Å². The fourth-order valence-corrected chi connectivity index (χ4v) is 0. The van der Waals surface area contributed by atoms with E-state index in [1.807, 2.05) is 6.92 Å². The minimum Gasteiger partial charge on any atom is -0.103 e. The van der Waals surface area contributed by atoms with E-state index in [9.17, 15) is 0 Å². The van der Waals surface area contributed by atoms with Crippen LogP contribution in [0.5, 0.6) is 0 Å². The summed E-state index contributed by atoms with van der Waals surface area (Å²) >= 11 is 0. The Labute approximate surface area is 73.7 Å². The average molecular weight is 158 g/mol.